The summed E-state index contributed by atoms with van der Waals surface area (Å²) in [5.74, 6) is 0.805. The van der Waals surface area contributed by atoms with Gasteiger partial charge in [0.1, 0.15) is 11.9 Å². The molecule has 316 valence electrons. The summed E-state index contributed by atoms with van der Waals surface area (Å²) in [7, 11) is 2.70. The zero-order valence-corrected chi connectivity index (χ0v) is 35.3. The van der Waals surface area contributed by atoms with E-state index < -0.39 is 18.2 Å². The Hall–Kier alpha value is -5.79. The number of nitrogens with zero attached hydrogens (tertiary/aromatic N) is 4. The van der Waals surface area contributed by atoms with Gasteiger partial charge in [0, 0.05) is 31.6 Å². The first-order valence-electron chi connectivity index (χ1n) is 21.1. The molecule has 3 amide bonds. The molecule has 13 nitrogen and oxygen atoms in total. The fourth-order valence-corrected chi connectivity index (χ4v) is 9.00. The molecule has 3 aliphatic rings. The molecule has 4 aromatic rings. The molecular weight excluding hydrogens is 757 g/mol. The quantitative estimate of drug-likeness (QED) is 0.107. The van der Waals surface area contributed by atoms with E-state index in [1.807, 2.05) is 35.4 Å². The minimum Gasteiger partial charge on any atom is -0.453 e. The van der Waals surface area contributed by atoms with Crippen molar-refractivity contribution in [2.24, 2.45) is 16.6 Å². The molecule has 2 fully saturated rings. The number of amides is 3. The molecule has 0 saturated carbocycles. The summed E-state index contributed by atoms with van der Waals surface area (Å²) < 4.78 is 9.79. The maximum atomic E-state index is 14.0. The van der Waals surface area contributed by atoms with Crippen molar-refractivity contribution in [1.29, 1.82) is 0 Å². The van der Waals surface area contributed by atoms with Gasteiger partial charge in [0.25, 0.3) is 0 Å². The van der Waals surface area contributed by atoms with E-state index in [1.165, 1.54) is 19.8 Å². The molecular formula is C47H58N8O5. The van der Waals surface area contributed by atoms with Gasteiger partial charge in [0.2, 0.25) is 5.91 Å². The van der Waals surface area contributed by atoms with E-state index in [4.69, 9.17) is 25.2 Å². The van der Waals surface area contributed by atoms with Gasteiger partial charge in [-0.1, -0.05) is 86.6 Å². The van der Waals surface area contributed by atoms with Crippen LogP contribution in [0.15, 0.2) is 90.1 Å². The van der Waals surface area contributed by atoms with Gasteiger partial charge in [0.15, 0.2) is 0 Å². The van der Waals surface area contributed by atoms with Crippen molar-refractivity contribution >= 4 is 29.4 Å². The van der Waals surface area contributed by atoms with Gasteiger partial charge >= 0.3 is 12.2 Å². The number of aromatic amines is 1. The van der Waals surface area contributed by atoms with E-state index >= 15 is 0 Å². The summed E-state index contributed by atoms with van der Waals surface area (Å²) in [5, 5.41) is 5.82. The first-order chi connectivity index (χ1) is 29.1. The Morgan fingerprint density at radius 1 is 0.800 bits per heavy atom. The van der Waals surface area contributed by atoms with E-state index in [2.05, 4.69) is 95.9 Å². The first-order valence-corrected chi connectivity index (χ1v) is 21.1. The largest absolute Gasteiger partial charge is 0.453 e. The topological polar surface area (TPSA) is 167 Å². The maximum absolute atomic E-state index is 14.0. The Labute approximate surface area is 352 Å². The molecule has 1 unspecified atom stereocenters. The number of methoxy groups -OCH3 is 2. The normalized spacial score (nSPS) is 19.4. The maximum Gasteiger partial charge on any atom is 0.407 e. The van der Waals surface area contributed by atoms with Crippen LogP contribution in [0.1, 0.15) is 75.0 Å². The van der Waals surface area contributed by atoms with Gasteiger partial charge in [0.05, 0.1) is 50.5 Å². The number of hydrogen-bond donors (Lipinski definition) is 4. The zero-order chi connectivity index (χ0) is 42.3. The molecule has 7 rings (SSSR count). The van der Waals surface area contributed by atoms with Gasteiger partial charge in [-0.3, -0.25) is 14.7 Å². The first kappa shape index (κ1) is 42.3. The van der Waals surface area contributed by atoms with E-state index in [9.17, 15) is 14.4 Å². The van der Waals surface area contributed by atoms with Crippen LogP contribution in [0.3, 0.4) is 0 Å². The molecule has 0 bridgehead atoms. The predicted octanol–water partition coefficient (Wildman–Crippen LogP) is 6.90. The van der Waals surface area contributed by atoms with Crippen molar-refractivity contribution < 1.29 is 23.9 Å². The van der Waals surface area contributed by atoms with Gasteiger partial charge in [-0.25, -0.2) is 14.6 Å². The van der Waals surface area contributed by atoms with Gasteiger partial charge in [-0.15, -0.1) is 0 Å². The summed E-state index contributed by atoms with van der Waals surface area (Å²) in [6.45, 7) is 9.09. The third kappa shape index (κ3) is 9.48. The summed E-state index contributed by atoms with van der Waals surface area (Å²) in [6.07, 6.45) is 7.10. The molecule has 5 N–H and O–H groups in total. The number of benzene rings is 3. The number of aliphatic imine (C=N–C) groups is 1. The number of imidazole rings is 1. The Kier molecular flexibility index (Phi) is 13.5. The summed E-state index contributed by atoms with van der Waals surface area (Å²) in [6, 6.07) is 24.1. The van der Waals surface area contributed by atoms with Gasteiger partial charge in [-0.05, 0) is 90.1 Å². The van der Waals surface area contributed by atoms with Crippen molar-refractivity contribution in [3.63, 3.8) is 0 Å². The lowest BCUT2D eigenvalue weighted by atomic mass is 9.95. The Bertz CT molecular complexity index is 2180. The number of hydrogen-bond acceptors (Lipinski definition) is 9. The Morgan fingerprint density at radius 3 is 2.05 bits per heavy atom. The van der Waals surface area contributed by atoms with Crippen LogP contribution in [-0.4, -0.2) is 102 Å². The van der Waals surface area contributed by atoms with Crippen molar-refractivity contribution in [3.8, 4) is 22.4 Å². The Balaban J connectivity index is 0.988. The average Bonchev–Trinajstić information content (AvgIpc) is 4.12. The molecule has 0 spiro atoms. The molecule has 5 atom stereocenters. The van der Waals surface area contributed by atoms with E-state index in [1.54, 1.807) is 0 Å². The highest BCUT2D eigenvalue weighted by Crippen LogP contribution is 2.34. The number of alkyl carbamates (subject to hydrolysis) is 2. The monoisotopic (exact) mass is 814 g/mol. The second-order valence-corrected chi connectivity index (χ2v) is 16.4. The predicted molar refractivity (Wildman–Crippen MR) is 234 cm³/mol. The number of rotatable bonds is 14. The van der Waals surface area contributed by atoms with E-state index in [0.29, 0.717) is 26.1 Å². The minimum atomic E-state index is -0.794. The second-order valence-electron chi connectivity index (χ2n) is 16.4. The number of nitrogens with two attached hydrogens (primary N) is 1. The molecule has 3 aromatic carbocycles. The average molecular weight is 815 g/mol. The third-order valence-corrected chi connectivity index (χ3v) is 12.3. The van der Waals surface area contributed by atoms with Crippen molar-refractivity contribution in [1.82, 2.24) is 30.4 Å². The van der Waals surface area contributed by atoms with Crippen LogP contribution in [0.2, 0.25) is 0 Å². The fourth-order valence-electron chi connectivity index (χ4n) is 9.00. The number of likely N-dealkylation sites (tertiary alicyclic amines) is 2. The van der Waals surface area contributed by atoms with Gasteiger partial charge < -0.3 is 35.7 Å². The van der Waals surface area contributed by atoms with Crippen LogP contribution in [0.25, 0.3) is 28.0 Å². The second kappa shape index (κ2) is 19.1. The highest BCUT2D eigenvalue weighted by molar-refractivity contribution is 6.08. The number of nitrogens with one attached hydrogen (secondary N) is 3. The van der Waals surface area contributed by atoms with Crippen molar-refractivity contribution in [2.45, 2.75) is 89.6 Å². The number of carbonyl (C=O) groups excluding carboxylic acids is 3. The minimum absolute atomic E-state index is 0.0305. The van der Waals surface area contributed by atoms with Crippen LogP contribution in [0, 0.1) is 5.92 Å². The molecule has 0 radical (unpaired) electrons. The summed E-state index contributed by atoms with van der Waals surface area (Å²) in [5.41, 5.74) is 15.3. The van der Waals surface area contributed by atoms with Crippen LogP contribution < -0.4 is 16.4 Å². The standard InChI is InChI=1S/C47H58N8O5/c1-29(2)43(53-47(58)60-5)30(3)54-22-6-8-41(54)38-25-37(27-49-38)35-16-14-33(15-17-35)34-18-20-36(21-19-34)40-28-50-44(51-40)42-9-7-23-55(42)45(56)39(52-46(57)59-4)24-31-10-12-32(26-48)13-11-31/h10-21,25,28-30,39,41-43H,6-9,22-24,26-27,48H2,1-5H3,(H,50,51)(H,52,57)(H,53,58)/t30?,39-,41-,42-,43-/m0/s1. The zero-order valence-electron chi connectivity index (χ0n) is 35.3. The highest BCUT2D eigenvalue weighted by Gasteiger charge is 2.38. The highest BCUT2D eigenvalue weighted by atomic mass is 16.5. The number of H-pyrrole nitrogens is 1. The van der Waals surface area contributed by atoms with Crippen LogP contribution in [-0.2, 0) is 27.2 Å². The van der Waals surface area contributed by atoms with E-state index in [0.717, 1.165) is 82.8 Å². The Morgan fingerprint density at radius 2 is 1.40 bits per heavy atom. The lowest BCUT2D eigenvalue weighted by Crippen LogP contribution is -2.55. The number of ether oxygens (including phenoxy) is 2. The van der Waals surface area contributed by atoms with Gasteiger partial charge in [-0.2, -0.15) is 0 Å². The SMILES string of the molecule is COC(=O)N[C@@H](C(C)C)C(C)N1CCC[C@H]1C1=NCC(c2ccc(-c3ccc(-c4cnc([C@@H]5CCCN5C(=O)[C@H](Cc5ccc(CN)cc5)NC(=O)OC)[nH]4)cc3)cc2)=C1. The molecule has 13 heteroatoms. The molecule has 3 aliphatic heterocycles. The smallest absolute Gasteiger partial charge is 0.407 e. The fraction of sp³-hybridized carbons (Fsp3) is 0.426. The van der Waals surface area contributed by atoms with Crippen LogP contribution in [0.4, 0.5) is 9.59 Å². The molecule has 2 saturated heterocycles. The molecule has 0 aliphatic carbocycles. The number of aromatic nitrogens is 2. The van der Waals surface area contributed by atoms with Crippen LogP contribution in [0.5, 0.6) is 0 Å². The molecule has 60 heavy (non-hydrogen) atoms. The van der Waals surface area contributed by atoms with Crippen molar-refractivity contribution in [2.75, 3.05) is 33.9 Å². The van der Waals surface area contributed by atoms with E-state index in [-0.39, 0.29) is 36.0 Å². The van der Waals surface area contributed by atoms with Crippen molar-refractivity contribution in [3.05, 3.63) is 108 Å². The van der Waals surface area contributed by atoms with Crippen LogP contribution >= 0.6 is 0 Å². The summed E-state index contributed by atoms with van der Waals surface area (Å²) in [4.78, 5) is 56.0. The lowest BCUT2D eigenvalue weighted by Gasteiger charge is -2.37. The summed E-state index contributed by atoms with van der Waals surface area (Å²) >= 11 is 0. The third-order valence-electron chi connectivity index (χ3n) is 12.3. The molecule has 4 heterocycles. The lowest BCUT2D eigenvalue weighted by molar-refractivity contribution is -0.134. The number of carbonyl (C=O) groups is 3. The molecule has 1 aromatic heterocycles.